The summed E-state index contributed by atoms with van der Waals surface area (Å²) in [5.41, 5.74) is 0.644. The Hall–Kier alpha value is -2.33. The lowest BCUT2D eigenvalue weighted by molar-refractivity contribution is -0.115. The maximum absolute atomic E-state index is 13.1. The third-order valence-electron chi connectivity index (χ3n) is 2.15. The largest absolute Gasteiger partial charge is 0.301 e. The highest BCUT2D eigenvalue weighted by molar-refractivity contribution is 7.14. The molecule has 4 nitrogen and oxygen atoms in total. The van der Waals surface area contributed by atoms with Gasteiger partial charge >= 0.3 is 0 Å². The molecular formula is C12H7F2N3OS. The minimum atomic E-state index is -0.696. The molecule has 1 heterocycles. The van der Waals surface area contributed by atoms with Gasteiger partial charge in [-0.05, 0) is 12.1 Å². The number of rotatable bonds is 3. The number of nitrogens with one attached hydrogen (secondary N) is 1. The number of aromatic nitrogens is 1. The Bertz CT molecular complexity index is 643. The number of halogens is 2. The number of carbonyl (C=O) groups is 1. The van der Waals surface area contributed by atoms with Crippen LogP contribution in [0.15, 0.2) is 23.6 Å². The Morgan fingerprint density at radius 3 is 2.68 bits per heavy atom. The van der Waals surface area contributed by atoms with E-state index in [1.54, 1.807) is 11.4 Å². The average molecular weight is 279 g/mol. The second kappa shape index (κ2) is 5.54. The molecule has 0 aliphatic heterocycles. The molecule has 0 aliphatic carbocycles. The number of carbonyl (C=O) groups excluding carboxylic acids is 1. The summed E-state index contributed by atoms with van der Waals surface area (Å²) in [6.45, 7) is 0. The Morgan fingerprint density at radius 2 is 2.05 bits per heavy atom. The number of hydrogen-bond donors (Lipinski definition) is 1. The van der Waals surface area contributed by atoms with Gasteiger partial charge in [0.05, 0.1) is 11.8 Å². The first-order valence-corrected chi connectivity index (χ1v) is 6.05. The second-order valence-electron chi connectivity index (χ2n) is 3.58. The molecule has 0 aliphatic rings. The Balaban J connectivity index is 2.21. The molecule has 2 rings (SSSR count). The summed E-state index contributed by atoms with van der Waals surface area (Å²) in [4.78, 5) is 15.2. The lowest BCUT2D eigenvalue weighted by Crippen LogP contribution is -2.09. The number of hydrogen-bond acceptors (Lipinski definition) is 4. The molecule has 0 saturated heterocycles. The standard InChI is InChI=1S/C12H7F2N3OS/c13-8-3-7(4-9(14)5-8)10-6-19-12(16-10)17-11(18)1-2-15/h3-6H,1H2,(H,16,17,18). The summed E-state index contributed by atoms with van der Waals surface area (Å²) < 4.78 is 26.1. The summed E-state index contributed by atoms with van der Waals surface area (Å²) in [5, 5.41) is 12.6. The highest BCUT2D eigenvalue weighted by Crippen LogP contribution is 2.26. The van der Waals surface area contributed by atoms with Gasteiger partial charge in [-0.3, -0.25) is 4.79 Å². The highest BCUT2D eigenvalue weighted by atomic mass is 32.1. The van der Waals surface area contributed by atoms with Crippen molar-refractivity contribution in [3.05, 3.63) is 35.2 Å². The second-order valence-corrected chi connectivity index (χ2v) is 4.44. The zero-order chi connectivity index (χ0) is 13.8. The quantitative estimate of drug-likeness (QED) is 0.939. The van der Waals surface area contributed by atoms with Crippen LogP contribution in [0.1, 0.15) is 6.42 Å². The Kier molecular flexibility index (Phi) is 3.82. The number of benzene rings is 1. The van der Waals surface area contributed by atoms with Gasteiger partial charge in [0.2, 0.25) is 5.91 Å². The topological polar surface area (TPSA) is 65.8 Å². The molecule has 0 radical (unpaired) electrons. The molecule has 1 N–H and O–H groups in total. The fourth-order valence-electron chi connectivity index (χ4n) is 1.40. The van der Waals surface area contributed by atoms with E-state index in [0.29, 0.717) is 5.69 Å². The molecule has 0 unspecified atom stereocenters. The highest BCUT2D eigenvalue weighted by Gasteiger charge is 2.09. The van der Waals surface area contributed by atoms with Gasteiger partial charge in [-0.2, -0.15) is 5.26 Å². The van der Waals surface area contributed by atoms with E-state index >= 15 is 0 Å². The fourth-order valence-corrected chi connectivity index (χ4v) is 2.14. The van der Waals surface area contributed by atoms with E-state index in [-0.39, 0.29) is 17.1 Å². The van der Waals surface area contributed by atoms with E-state index in [1.807, 2.05) is 0 Å². The van der Waals surface area contributed by atoms with Gasteiger partial charge in [0.15, 0.2) is 5.13 Å². The molecule has 0 fully saturated rings. The predicted molar refractivity (Wildman–Crippen MR) is 66.3 cm³/mol. The van der Waals surface area contributed by atoms with Crippen molar-refractivity contribution in [2.24, 2.45) is 0 Å². The average Bonchev–Trinajstić information content (AvgIpc) is 2.76. The number of nitriles is 1. The third kappa shape index (κ3) is 3.33. The van der Waals surface area contributed by atoms with Crippen LogP contribution in [0.25, 0.3) is 11.3 Å². The molecule has 1 aromatic carbocycles. The van der Waals surface area contributed by atoms with Crippen LogP contribution in [0.5, 0.6) is 0 Å². The van der Waals surface area contributed by atoms with Gasteiger partial charge in [0, 0.05) is 17.0 Å². The van der Waals surface area contributed by atoms with Crippen molar-refractivity contribution >= 4 is 22.4 Å². The molecule has 0 saturated carbocycles. The summed E-state index contributed by atoms with van der Waals surface area (Å²) in [7, 11) is 0. The van der Waals surface area contributed by atoms with Crippen LogP contribution in [0.4, 0.5) is 13.9 Å². The molecule has 7 heteroatoms. The van der Waals surface area contributed by atoms with E-state index in [1.165, 1.54) is 0 Å². The minimum Gasteiger partial charge on any atom is -0.301 e. The van der Waals surface area contributed by atoms with E-state index in [0.717, 1.165) is 29.5 Å². The molecule has 0 spiro atoms. The van der Waals surface area contributed by atoms with Gasteiger partial charge in [0.1, 0.15) is 18.1 Å². The van der Waals surface area contributed by atoms with Crippen LogP contribution in [-0.4, -0.2) is 10.9 Å². The molecule has 19 heavy (non-hydrogen) atoms. The molecule has 1 aromatic heterocycles. The molecular weight excluding hydrogens is 272 g/mol. The van der Waals surface area contributed by atoms with Crippen molar-refractivity contribution in [2.75, 3.05) is 5.32 Å². The molecule has 2 aromatic rings. The zero-order valence-electron chi connectivity index (χ0n) is 9.48. The first kappa shape index (κ1) is 13.1. The van der Waals surface area contributed by atoms with Crippen molar-refractivity contribution in [2.45, 2.75) is 6.42 Å². The van der Waals surface area contributed by atoms with Gasteiger partial charge in [-0.25, -0.2) is 13.8 Å². The lowest BCUT2D eigenvalue weighted by Gasteiger charge is -1.98. The Labute approximate surface area is 111 Å². The van der Waals surface area contributed by atoms with Crippen molar-refractivity contribution in [1.82, 2.24) is 4.98 Å². The number of thiazole rings is 1. The monoisotopic (exact) mass is 279 g/mol. The summed E-state index contributed by atoms with van der Waals surface area (Å²) in [5.74, 6) is -1.87. The predicted octanol–water partition coefficient (Wildman–Crippen LogP) is 2.94. The molecule has 0 atom stereocenters. The smallest absolute Gasteiger partial charge is 0.240 e. The van der Waals surface area contributed by atoms with Gasteiger partial charge in [-0.1, -0.05) is 0 Å². The molecule has 0 bridgehead atoms. The van der Waals surface area contributed by atoms with Crippen molar-refractivity contribution < 1.29 is 13.6 Å². The Morgan fingerprint density at radius 1 is 1.37 bits per heavy atom. The summed E-state index contributed by atoms with van der Waals surface area (Å²) in [6, 6.07) is 4.78. The third-order valence-corrected chi connectivity index (χ3v) is 2.91. The molecule has 96 valence electrons. The summed E-state index contributed by atoms with van der Waals surface area (Å²) >= 11 is 1.11. The normalized spacial score (nSPS) is 9.95. The van der Waals surface area contributed by atoms with Gasteiger partial charge < -0.3 is 5.32 Å². The van der Waals surface area contributed by atoms with Crippen molar-refractivity contribution in [3.8, 4) is 17.3 Å². The number of nitrogens with zero attached hydrogens (tertiary/aromatic N) is 2. The molecule has 1 amide bonds. The van der Waals surface area contributed by atoms with Crippen LogP contribution in [-0.2, 0) is 4.79 Å². The van der Waals surface area contributed by atoms with Gasteiger partial charge in [0.25, 0.3) is 0 Å². The van der Waals surface area contributed by atoms with Crippen molar-refractivity contribution in [1.29, 1.82) is 5.26 Å². The van der Waals surface area contributed by atoms with Crippen LogP contribution >= 0.6 is 11.3 Å². The SMILES string of the molecule is N#CCC(=O)Nc1nc(-c2cc(F)cc(F)c2)cs1. The minimum absolute atomic E-state index is 0.274. The van der Waals surface area contributed by atoms with E-state index in [9.17, 15) is 13.6 Å². The number of anilines is 1. The fraction of sp³-hybridized carbons (Fsp3) is 0.0833. The summed E-state index contributed by atoms with van der Waals surface area (Å²) in [6.07, 6.45) is -0.274. The maximum Gasteiger partial charge on any atom is 0.240 e. The number of amides is 1. The van der Waals surface area contributed by atoms with E-state index in [4.69, 9.17) is 5.26 Å². The van der Waals surface area contributed by atoms with Crippen LogP contribution < -0.4 is 5.32 Å². The maximum atomic E-state index is 13.1. The van der Waals surface area contributed by atoms with Crippen molar-refractivity contribution in [3.63, 3.8) is 0 Å². The van der Waals surface area contributed by atoms with Gasteiger partial charge in [-0.15, -0.1) is 11.3 Å². The first-order valence-electron chi connectivity index (χ1n) is 5.17. The van der Waals surface area contributed by atoms with Crippen LogP contribution in [0, 0.1) is 23.0 Å². The van der Waals surface area contributed by atoms with E-state index in [2.05, 4.69) is 10.3 Å². The first-order chi connectivity index (χ1) is 9.08. The van der Waals surface area contributed by atoms with E-state index < -0.39 is 17.5 Å². The zero-order valence-corrected chi connectivity index (χ0v) is 10.3. The lowest BCUT2D eigenvalue weighted by atomic mass is 10.2. The van der Waals surface area contributed by atoms with Crippen LogP contribution in [0.2, 0.25) is 0 Å². The van der Waals surface area contributed by atoms with Crippen LogP contribution in [0.3, 0.4) is 0 Å².